The Hall–Kier alpha value is -2.35. The first-order valence-electron chi connectivity index (χ1n) is 11.8. The minimum atomic E-state index is -0.333. The Morgan fingerprint density at radius 3 is 2.23 bits per heavy atom. The molecule has 30 heavy (non-hydrogen) atoms. The highest BCUT2D eigenvalue weighted by atomic mass is 16.5. The molecule has 3 rings (SSSR count). The zero-order valence-corrected chi connectivity index (χ0v) is 18.5. The number of hydrogen-bond acceptors (Lipinski definition) is 2. The maximum atomic E-state index is 12.6. The molecule has 0 amide bonds. The fourth-order valence-corrected chi connectivity index (χ4v) is 4.30. The second-order valence-electron chi connectivity index (χ2n) is 8.51. The molecule has 0 aromatic heterocycles. The van der Waals surface area contributed by atoms with Gasteiger partial charge in [-0.15, -0.1) is 0 Å². The summed E-state index contributed by atoms with van der Waals surface area (Å²) in [5, 5.41) is 2.36. The first-order valence-corrected chi connectivity index (χ1v) is 11.8. The highest BCUT2D eigenvalue weighted by Crippen LogP contribution is 2.35. The summed E-state index contributed by atoms with van der Waals surface area (Å²) >= 11 is 0. The Kier molecular flexibility index (Phi) is 8.74. The molecule has 0 radical (unpaired) electrons. The Morgan fingerprint density at radius 1 is 0.900 bits per heavy atom. The smallest absolute Gasteiger partial charge is 0.334 e. The number of hydrogen-bond donors (Lipinski definition) is 0. The highest BCUT2D eigenvalue weighted by Gasteiger charge is 2.21. The van der Waals surface area contributed by atoms with Crippen LogP contribution in [0.3, 0.4) is 0 Å². The quantitative estimate of drug-likeness (QED) is 0.190. The van der Waals surface area contributed by atoms with Gasteiger partial charge in [0, 0.05) is 11.1 Å². The highest BCUT2D eigenvalue weighted by molar-refractivity contribution is 5.96. The summed E-state index contributed by atoms with van der Waals surface area (Å²) in [5.41, 5.74) is 2.83. The van der Waals surface area contributed by atoms with Crippen molar-refractivity contribution in [2.24, 2.45) is 0 Å². The number of rotatable bonds is 13. The molecule has 0 saturated heterocycles. The van der Waals surface area contributed by atoms with E-state index >= 15 is 0 Å². The van der Waals surface area contributed by atoms with E-state index in [-0.39, 0.29) is 12.1 Å². The predicted molar refractivity (Wildman–Crippen MR) is 127 cm³/mol. The van der Waals surface area contributed by atoms with Gasteiger partial charge in [0.1, 0.15) is 6.10 Å². The van der Waals surface area contributed by atoms with Crippen LogP contribution in [0.1, 0.15) is 94.8 Å². The SMILES string of the molecule is C=C(CCCCCCCCCCCC)C(=O)OC1C=Cc2cccc3cccc1c23. The molecule has 2 aromatic carbocycles. The van der Waals surface area contributed by atoms with Gasteiger partial charge in [-0.1, -0.05) is 114 Å². The first kappa shape index (κ1) is 22.3. The minimum absolute atomic E-state index is 0.267. The van der Waals surface area contributed by atoms with Crippen LogP contribution in [-0.2, 0) is 9.53 Å². The minimum Gasteiger partial charge on any atom is -0.450 e. The summed E-state index contributed by atoms with van der Waals surface area (Å²) in [6.45, 7) is 6.25. The largest absolute Gasteiger partial charge is 0.450 e. The zero-order chi connectivity index (χ0) is 21.2. The molecule has 0 aliphatic heterocycles. The van der Waals surface area contributed by atoms with Crippen LogP contribution in [-0.4, -0.2) is 5.97 Å². The molecule has 1 atom stereocenters. The van der Waals surface area contributed by atoms with Crippen LogP contribution in [0, 0.1) is 0 Å². The first-order chi connectivity index (χ1) is 14.7. The number of unbranched alkanes of at least 4 members (excludes halogenated alkanes) is 9. The molecule has 160 valence electrons. The third kappa shape index (κ3) is 6.08. The van der Waals surface area contributed by atoms with E-state index in [0.717, 1.165) is 24.8 Å². The average molecular weight is 405 g/mol. The van der Waals surface area contributed by atoms with E-state index in [2.05, 4.69) is 49.9 Å². The third-order valence-electron chi connectivity index (χ3n) is 6.08. The predicted octanol–water partition coefficient (Wildman–Crippen LogP) is 8.32. The molecule has 0 N–H and O–H groups in total. The van der Waals surface area contributed by atoms with Crippen molar-refractivity contribution in [1.29, 1.82) is 0 Å². The Morgan fingerprint density at radius 2 is 1.53 bits per heavy atom. The molecule has 1 aliphatic rings. The number of ether oxygens (including phenoxy) is 1. The van der Waals surface area contributed by atoms with Crippen molar-refractivity contribution in [2.75, 3.05) is 0 Å². The lowest BCUT2D eigenvalue weighted by molar-refractivity contribution is -0.142. The van der Waals surface area contributed by atoms with Crippen LogP contribution in [0.2, 0.25) is 0 Å². The summed E-state index contributed by atoms with van der Waals surface area (Å²) in [7, 11) is 0. The van der Waals surface area contributed by atoms with Crippen LogP contribution in [0.5, 0.6) is 0 Å². The van der Waals surface area contributed by atoms with Crippen molar-refractivity contribution in [3.8, 4) is 0 Å². The van der Waals surface area contributed by atoms with E-state index in [9.17, 15) is 4.79 Å². The normalized spacial score (nSPS) is 14.8. The van der Waals surface area contributed by atoms with Gasteiger partial charge in [-0.2, -0.15) is 0 Å². The molecule has 2 aromatic rings. The molecule has 0 spiro atoms. The molecule has 2 heteroatoms. The average Bonchev–Trinajstić information content (AvgIpc) is 2.77. The third-order valence-corrected chi connectivity index (χ3v) is 6.08. The number of esters is 1. The van der Waals surface area contributed by atoms with E-state index in [0.29, 0.717) is 5.57 Å². The summed E-state index contributed by atoms with van der Waals surface area (Å²) in [6.07, 6.45) is 17.3. The van der Waals surface area contributed by atoms with Gasteiger partial charge < -0.3 is 4.74 Å². The Labute approximate surface area is 182 Å². The lowest BCUT2D eigenvalue weighted by atomic mass is 9.91. The van der Waals surface area contributed by atoms with Gasteiger partial charge in [0.2, 0.25) is 0 Å². The maximum absolute atomic E-state index is 12.6. The molecule has 0 heterocycles. The second kappa shape index (κ2) is 11.7. The molecular formula is C28H36O2. The summed E-state index contributed by atoms with van der Waals surface area (Å²) in [4.78, 5) is 12.6. The molecule has 2 nitrogen and oxygen atoms in total. The number of benzene rings is 2. The van der Waals surface area contributed by atoms with Gasteiger partial charge in [0.25, 0.3) is 0 Å². The van der Waals surface area contributed by atoms with Crippen molar-refractivity contribution >= 4 is 22.8 Å². The van der Waals surface area contributed by atoms with E-state index in [1.165, 1.54) is 67.7 Å². The van der Waals surface area contributed by atoms with Gasteiger partial charge in [-0.05, 0) is 35.3 Å². The fraction of sp³-hybridized carbons (Fsp3) is 0.464. The second-order valence-corrected chi connectivity index (χ2v) is 8.51. The van der Waals surface area contributed by atoms with Gasteiger partial charge in [0.05, 0.1) is 0 Å². The van der Waals surface area contributed by atoms with Crippen LogP contribution >= 0.6 is 0 Å². The van der Waals surface area contributed by atoms with Gasteiger partial charge in [-0.3, -0.25) is 0 Å². The number of carbonyl (C=O) groups excluding carboxylic acids is 1. The van der Waals surface area contributed by atoms with E-state index in [1.807, 2.05) is 12.1 Å². The fourth-order valence-electron chi connectivity index (χ4n) is 4.30. The van der Waals surface area contributed by atoms with Crippen molar-refractivity contribution in [3.05, 3.63) is 65.8 Å². The summed E-state index contributed by atoms with van der Waals surface area (Å²) in [5.74, 6) is -0.267. The molecular weight excluding hydrogens is 368 g/mol. The molecule has 1 unspecified atom stereocenters. The van der Waals surface area contributed by atoms with E-state index in [1.54, 1.807) is 0 Å². The summed E-state index contributed by atoms with van der Waals surface area (Å²) < 4.78 is 5.82. The van der Waals surface area contributed by atoms with Crippen LogP contribution < -0.4 is 0 Å². The number of carbonyl (C=O) groups is 1. The Balaban J connectivity index is 1.38. The van der Waals surface area contributed by atoms with Gasteiger partial charge >= 0.3 is 5.97 Å². The van der Waals surface area contributed by atoms with Crippen molar-refractivity contribution in [3.63, 3.8) is 0 Å². The molecule has 0 saturated carbocycles. The molecule has 0 bridgehead atoms. The monoisotopic (exact) mass is 404 g/mol. The lowest BCUT2D eigenvalue weighted by Crippen LogP contribution is -2.13. The standard InChI is InChI=1S/C28H36O2/c1-3-4-5-6-7-8-9-10-11-12-15-22(2)28(29)30-26-21-20-24-17-13-16-23-18-14-19-25(26)27(23)24/h13-14,16-21,26H,2-12,15H2,1H3. The van der Waals surface area contributed by atoms with Crippen molar-refractivity contribution in [2.45, 2.75) is 83.7 Å². The van der Waals surface area contributed by atoms with Gasteiger partial charge in [0.15, 0.2) is 0 Å². The zero-order valence-electron chi connectivity index (χ0n) is 18.5. The van der Waals surface area contributed by atoms with E-state index < -0.39 is 0 Å². The topological polar surface area (TPSA) is 26.3 Å². The molecule has 1 aliphatic carbocycles. The molecule has 0 fully saturated rings. The van der Waals surface area contributed by atoms with Crippen LogP contribution in [0.4, 0.5) is 0 Å². The Bertz CT molecular complexity index is 872. The van der Waals surface area contributed by atoms with Crippen molar-refractivity contribution in [1.82, 2.24) is 0 Å². The van der Waals surface area contributed by atoms with Crippen LogP contribution in [0.25, 0.3) is 16.8 Å². The van der Waals surface area contributed by atoms with E-state index in [4.69, 9.17) is 4.74 Å². The van der Waals surface area contributed by atoms with Crippen LogP contribution in [0.15, 0.2) is 54.6 Å². The summed E-state index contributed by atoms with van der Waals surface area (Å²) in [6, 6.07) is 12.4. The lowest BCUT2D eigenvalue weighted by Gasteiger charge is -2.22. The van der Waals surface area contributed by atoms with Gasteiger partial charge in [-0.25, -0.2) is 4.79 Å². The maximum Gasteiger partial charge on any atom is 0.334 e. The van der Waals surface area contributed by atoms with Crippen molar-refractivity contribution < 1.29 is 9.53 Å².